The molecule has 2 aromatic carbocycles. The molecular formula is C23H25ClIN3O2. The van der Waals surface area contributed by atoms with E-state index >= 15 is 0 Å². The minimum Gasteiger partial charge on any atom is -0.507 e. The molecule has 158 valence electrons. The van der Waals surface area contributed by atoms with E-state index in [0.29, 0.717) is 14.2 Å². The number of anilines is 1. The number of hydrogen-bond donors (Lipinski definition) is 2. The standard InChI is InChI=1S/C23H25ClIN3O2/c1-5-8-28-20-11-18(24)16(9-17(20)14(2)12-23(28,3)4)13-26-27-22(30)15-6-7-19(25)21(29)10-15/h6-7,9-13,29H,5,8H2,1-4H3,(H,27,30)/b26-13-. The lowest BCUT2D eigenvalue weighted by Crippen LogP contribution is -2.45. The Labute approximate surface area is 196 Å². The van der Waals surface area contributed by atoms with Crippen molar-refractivity contribution in [1.29, 1.82) is 0 Å². The van der Waals surface area contributed by atoms with Crippen molar-refractivity contribution in [3.8, 4) is 5.75 Å². The van der Waals surface area contributed by atoms with Crippen molar-refractivity contribution in [2.45, 2.75) is 39.7 Å². The predicted molar refractivity (Wildman–Crippen MR) is 133 cm³/mol. The van der Waals surface area contributed by atoms with Crippen LogP contribution in [0.2, 0.25) is 5.02 Å². The number of allylic oxidation sites excluding steroid dienone is 1. The number of nitrogens with one attached hydrogen (secondary N) is 1. The lowest BCUT2D eigenvalue weighted by molar-refractivity contribution is 0.0954. The summed E-state index contributed by atoms with van der Waals surface area (Å²) in [5.74, 6) is -0.342. The zero-order chi connectivity index (χ0) is 22.1. The molecule has 30 heavy (non-hydrogen) atoms. The summed E-state index contributed by atoms with van der Waals surface area (Å²) >= 11 is 8.55. The second kappa shape index (κ2) is 8.98. The predicted octanol–water partition coefficient (Wildman–Crippen LogP) is 5.83. The van der Waals surface area contributed by atoms with Crippen LogP contribution in [-0.2, 0) is 0 Å². The van der Waals surface area contributed by atoms with Crippen molar-refractivity contribution in [2.75, 3.05) is 11.4 Å². The molecule has 0 radical (unpaired) electrons. The van der Waals surface area contributed by atoms with Crippen LogP contribution in [0.4, 0.5) is 5.69 Å². The van der Waals surface area contributed by atoms with Crippen LogP contribution in [0, 0.1) is 3.57 Å². The lowest BCUT2D eigenvalue weighted by Gasteiger charge is -2.43. The maximum Gasteiger partial charge on any atom is 0.271 e. The Kier molecular flexibility index (Phi) is 6.77. The maximum atomic E-state index is 12.3. The second-order valence-electron chi connectivity index (χ2n) is 7.89. The Balaban J connectivity index is 1.85. The van der Waals surface area contributed by atoms with E-state index < -0.39 is 5.91 Å². The number of carbonyl (C=O) groups is 1. The van der Waals surface area contributed by atoms with E-state index in [1.807, 2.05) is 34.7 Å². The van der Waals surface area contributed by atoms with Gasteiger partial charge < -0.3 is 10.0 Å². The number of carbonyl (C=O) groups excluding carboxylic acids is 1. The van der Waals surface area contributed by atoms with E-state index in [4.69, 9.17) is 11.6 Å². The Hall–Kier alpha value is -2.06. The summed E-state index contributed by atoms with van der Waals surface area (Å²) in [4.78, 5) is 14.6. The molecule has 1 amide bonds. The summed E-state index contributed by atoms with van der Waals surface area (Å²) in [7, 11) is 0. The number of hydrogen-bond acceptors (Lipinski definition) is 4. The molecular weight excluding hydrogens is 513 g/mol. The SMILES string of the molecule is CCCN1c2cc(Cl)c(/C=N\NC(=O)c3ccc(I)c(O)c3)cc2C(C)=CC1(C)C. The second-order valence-corrected chi connectivity index (χ2v) is 9.46. The number of rotatable bonds is 5. The number of halogens is 2. The van der Waals surface area contributed by atoms with Crippen LogP contribution >= 0.6 is 34.2 Å². The van der Waals surface area contributed by atoms with Crippen LogP contribution in [0.3, 0.4) is 0 Å². The minimum absolute atomic E-state index is 0.0618. The molecule has 0 atom stereocenters. The first kappa shape index (κ1) is 22.6. The monoisotopic (exact) mass is 537 g/mol. The van der Waals surface area contributed by atoms with Gasteiger partial charge in [-0.3, -0.25) is 4.79 Å². The van der Waals surface area contributed by atoms with Gasteiger partial charge in [0, 0.05) is 28.9 Å². The van der Waals surface area contributed by atoms with Crippen molar-refractivity contribution in [3.05, 3.63) is 61.7 Å². The van der Waals surface area contributed by atoms with Gasteiger partial charge in [-0.25, -0.2) is 5.43 Å². The molecule has 2 N–H and O–H groups in total. The van der Waals surface area contributed by atoms with Gasteiger partial charge in [-0.15, -0.1) is 0 Å². The number of benzene rings is 2. The smallest absolute Gasteiger partial charge is 0.271 e. The number of phenolic OH excluding ortho intramolecular Hbond substituents is 1. The third-order valence-corrected chi connectivity index (χ3v) is 6.36. The van der Waals surface area contributed by atoms with E-state index in [-0.39, 0.29) is 11.3 Å². The van der Waals surface area contributed by atoms with Gasteiger partial charge in [-0.2, -0.15) is 5.10 Å². The van der Waals surface area contributed by atoms with Crippen LogP contribution in [0.1, 0.15) is 55.6 Å². The van der Waals surface area contributed by atoms with E-state index in [1.54, 1.807) is 18.3 Å². The van der Waals surface area contributed by atoms with Gasteiger partial charge in [-0.1, -0.05) is 24.6 Å². The van der Waals surface area contributed by atoms with Gasteiger partial charge in [0.25, 0.3) is 5.91 Å². The van der Waals surface area contributed by atoms with Crippen molar-refractivity contribution in [2.24, 2.45) is 5.10 Å². The first-order chi connectivity index (χ1) is 14.1. The van der Waals surface area contributed by atoms with Crippen LogP contribution in [0.25, 0.3) is 5.57 Å². The fraction of sp³-hybridized carbons (Fsp3) is 0.304. The fourth-order valence-corrected chi connectivity index (χ4v) is 4.27. The van der Waals surface area contributed by atoms with Crippen LogP contribution in [0.5, 0.6) is 5.75 Å². The molecule has 1 aliphatic rings. The first-order valence-corrected chi connectivity index (χ1v) is 11.2. The molecule has 0 saturated heterocycles. The van der Waals surface area contributed by atoms with Gasteiger partial charge in [0.2, 0.25) is 0 Å². The summed E-state index contributed by atoms with van der Waals surface area (Å²) < 4.78 is 0.678. The largest absolute Gasteiger partial charge is 0.507 e. The Morgan fingerprint density at radius 3 is 2.73 bits per heavy atom. The van der Waals surface area contributed by atoms with Crippen molar-refractivity contribution in [1.82, 2.24) is 5.43 Å². The molecule has 2 aromatic rings. The zero-order valence-corrected chi connectivity index (χ0v) is 20.4. The molecule has 0 unspecified atom stereocenters. The summed E-state index contributed by atoms with van der Waals surface area (Å²) in [6.45, 7) is 9.61. The molecule has 3 rings (SSSR count). The van der Waals surface area contributed by atoms with Crippen LogP contribution < -0.4 is 10.3 Å². The lowest BCUT2D eigenvalue weighted by atomic mass is 9.88. The van der Waals surface area contributed by atoms with Gasteiger partial charge in [-0.05, 0) is 85.7 Å². The molecule has 0 aromatic heterocycles. The maximum absolute atomic E-state index is 12.3. The van der Waals surface area contributed by atoms with Crippen molar-refractivity contribution in [3.63, 3.8) is 0 Å². The van der Waals surface area contributed by atoms with Gasteiger partial charge >= 0.3 is 0 Å². The zero-order valence-electron chi connectivity index (χ0n) is 17.5. The summed E-state index contributed by atoms with van der Waals surface area (Å²) in [6.07, 6.45) is 4.85. The van der Waals surface area contributed by atoms with Crippen LogP contribution in [-0.4, -0.2) is 29.3 Å². The third-order valence-electron chi connectivity index (χ3n) is 5.12. The van der Waals surface area contributed by atoms with Crippen LogP contribution in [0.15, 0.2) is 41.5 Å². The van der Waals surface area contributed by atoms with E-state index in [1.165, 1.54) is 11.6 Å². The third kappa shape index (κ3) is 4.64. The number of aromatic hydroxyl groups is 1. The topological polar surface area (TPSA) is 64.9 Å². The molecule has 0 fully saturated rings. The molecule has 7 heteroatoms. The molecule has 0 saturated carbocycles. The average molecular weight is 538 g/mol. The number of hydrazone groups is 1. The molecule has 5 nitrogen and oxygen atoms in total. The van der Waals surface area contributed by atoms with Gasteiger partial charge in [0.1, 0.15) is 5.75 Å². The molecule has 1 heterocycles. The summed E-state index contributed by atoms with van der Waals surface area (Å²) in [5.41, 5.74) is 6.88. The normalized spacial score (nSPS) is 15.1. The Morgan fingerprint density at radius 2 is 2.07 bits per heavy atom. The number of phenols is 1. The average Bonchev–Trinajstić information content (AvgIpc) is 2.67. The fourth-order valence-electron chi connectivity index (χ4n) is 3.72. The van der Waals surface area contributed by atoms with E-state index in [2.05, 4.69) is 49.2 Å². The van der Waals surface area contributed by atoms with E-state index in [9.17, 15) is 9.90 Å². The van der Waals surface area contributed by atoms with Gasteiger partial charge in [0.05, 0.1) is 20.3 Å². The van der Waals surface area contributed by atoms with Gasteiger partial charge in [0.15, 0.2) is 0 Å². The number of amides is 1. The Bertz CT molecular complexity index is 1050. The summed E-state index contributed by atoms with van der Waals surface area (Å²) in [6, 6.07) is 8.71. The molecule has 0 aliphatic carbocycles. The highest BCUT2D eigenvalue weighted by molar-refractivity contribution is 14.1. The number of nitrogens with zero attached hydrogens (tertiary/aromatic N) is 2. The van der Waals surface area contributed by atoms with Crippen molar-refractivity contribution >= 4 is 57.6 Å². The first-order valence-electron chi connectivity index (χ1n) is 9.77. The highest BCUT2D eigenvalue weighted by Crippen LogP contribution is 2.41. The minimum atomic E-state index is -0.404. The molecule has 0 spiro atoms. The Morgan fingerprint density at radius 1 is 1.33 bits per heavy atom. The number of fused-ring (bicyclic) bond motifs is 1. The van der Waals surface area contributed by atoms with Crippen molar-refractivity contribution < 1.29 is 9.90 Å². The van der Waals surface area contributed by atoms with E-state index in [0.717, 1.165) is 29.8 Å². The highest BCUT2D eigenvalue weighted by atomic mass is 127. The summed E-state index contributed by atoms with van der Waals surface area (Å²) in [5, 5.41) is 14.4. The quantitative estimate of drug-likeness (QED) is 0.287. The highest BCUT2D eigenvalue weighted by Gasteiger charge is 2.31. The molecule has 0 bridgehead atoms. The molecule has 1 aliphatic heterocycles.